The molecule has 0 N–H and O–H groups in total. The van der Waals surface area contributed by atoms with E-state index in [9.17, 15) is 5.26 Å². The average molecular weight is 358 g/mol. The van der Waals surface area contributed by atoms with Crippen molar-refractivity contribution in [1.29, 1.82) is 5.26 Å². The number of nitrogens with zero attached hydrogens (tertiary/aromatic N) is 1. The molecule has 2 unspecified atom stereocenters. The van der Waals surface area contributed by atoms with Gasteiger partial charge in [0.05, 0.1) is 18.1 Å². The van der Waals surface area contributed by atoms with Crippen molar-refractivity contribution in [2.45, 2.75) is 92.1 Å². The van der Waals surface area contributed by atoms with Gasteiger partial charge < -0.3 is 4.74 Å². The van der Waals surface area contributed by atoms with Crippen molar-refractivity contribution in [3.05, 3.63) is 0 Å². The Bertz CT molecular complexity index is 620. The summed E-state index contributed by atoms with van der Waals surface area (Å²) in [5, 5.41) is 9.77. The summed E-state index contributed by atoms with van der Waals surface area (Å²) in [6.07, 6.45) is 10.6. The monoisotopic (exact) mass is 357 g/mol. The van der Waals surface area contributed by atoms with Crippen molar-refractivity contribution < 1.29 is 4.74 Å². The molecule has 4 saturated carbocycles. The highest BCUT2D eigenvalue weighted by molar-refractivity contribution is 5.18. The standard InChI is InChI=1S/C24H39NO/c1-21(2)14-19-18-9-7-16(15-25)22(18,3)11-12-23(19,4)24(5)13-17(26-6)8-10-20(21)24/h16-20H,7-14H2,1-6H3/t16-,17-,18+,19+,20?,22-,23+,24?/m1/s1. The second-order valence-electron chi connectivity index (χ2n) is 11.7. The second-order valence-corrected chi connectivity index (χ2v) is 11.7. The molecule has 2 nitrogen and oxygen atoms in total. The number of hydrogen-bond donors (Lipinski definition) is 0. The minimum Gasteiger partial charge on any atom is -0.381 e. The molecule has 0 amide bonds. The van der Waals surface area contributed by atoms with Crippen LogP contribution in [-0.4, -0.2) is 13.2 Å². The van der Waals surface area contributed by atoms with Crippen LogP contribution in [0.3, 0.4) is 0 Å². The van der Waals surface area contributed by atoms with Crippen molar-refractivity contribution in [2.75, 3.05) is 7.11 Å². The van der Waals surface area contributed by atoms with E-state index in [1.54, 1.807) is 0 Å². The lowest BCUT2D eigenvalue weighted by Gasteiger charge is -2.70. The van der Waals surface area contributed by atoms with Crippen molar-refractivity contribution in [3.8, 4) is 6.07 Å². The molecule has 146 valence electrons. The molecule has 2 heteroatoms. The van der Waals surface area contributed by atoms with Gasteiger partial charge in [0.2, 0.25) is 0 Å². The molecular formula is C24H39NO. The van der Waals surface area contributed by atoms with Crippen LogP contribution in [0.25, 0.3) is 0 Å². The van der Waals surface area contributed by atoms with Gasteiger partial charge in [-0.05, 0) is 90.8 Å². The smallest absolute Gasteiger partial charge is 0.0661 e. The molecule has 0 aromatic rings. The Labute approximate surface area is 161 Å². The first-order valence-electron chi connectivity index (χ1n) is 11.0. The first-order valence-corrected chi connectivity index (χ1v) is 11.0. The molecule has 4 fully saturated rings. The zero-order chi connectivity index (χ0) is 19.0. The lowest BCUT2D eigenvalue weighted by Crippen LogP contribution is -2.64. The molecule has 0 bridgehead atoms. The van der Waals surface area contributed by atoms with Crippen molar-refractivity contribution >= 4 is 0 Å². The van der Waals surface area contributed by atoms with E-state index in [2.05, 4.69) is 40.7 Å². The maximum atomic E-state index is 9.77. The number of nitriles is 1. The topological polar surface area (TPSA) is 33.0 Å². The first-order chi connectivity index (χ1) is 12.1. The molecule has 0 aliphatic heterocycles. The normalized spacial score (nSPS) is 55.3. The van der Waals surface area contributed by atoms with Crippen LogP contribution < -0.4 is 0 Å². The molecule has 8 atom stereocenters. The van der Waals surface area contributed by atoms with E-state index in [1.807, 2.05) is 7.11 Å². The Morgan fingerprint density at radius 3 is 2.23 bits per heavy atom. The highest BCUT2D eigenvalue weighted by atomic mass is 16.5. The Hall–Kier alpha value is -0.550. The SMILES string of the molecule is CO[C@@H]1CCC2C(C)(C)C[C@H]3[C@@H]4CC[C@H](C#N)[C@@]4(C)CC[C@]3(C)C2(C)C1. The maximum absolute atomic E-state index is 9.77. The van der Waals surface area contributed by atoms with Gasteiger partial charge in [-0.2, -0.15) is 5.26 Å². The molecule has 0 radical (unpaired) electrons. The molecule has 0 heterocycles. The highest BCUT2D eigenvalue weighted by Gasteiger charge is 2.68. The van der Waals surface area contributed by atoms with Gasteiger partial charge in [0, 0.05) is 7.11 Å². The van der Waals surface area contributed by atoms with Crippen LogP contribution in [0.4, 0.5) is 0 Å². The van der Waals surface area contributed by atoms with Gasteiger partial charge >= 0.3 is 0 Å². The average Bonchev–Trinajstić information content (AvgIpc) is 2.93. The zero-order valence-electron chi connectivity index (χ0n) is 17.9. The summed E-state index contributed by atoms with van der Waals surface area (Å²) in [4.78, 5) is 0. The van der Waals surface area contributed by atoms with Crippen LogP contribution in [0.2, 0.25) is 0 Å². The van der Waals surface area contributed by atoms with Crippen LogP contribution in [0, 0.1) is 56.7 Å². The quantitative estimate of drug-likeness (QED) is 0.559. The molecule has 0 aromatic heterocycles. The van der Waals surface area contributed by atoms with Crippen LogP contribution >= 0.6 is 0 Å². The van der Waals surface area contributed by atoms with Crippen LogP contribution in [0.1, 0.15) is 86.0 Å². The number of rotatable bonds is 1. The maximum Gasteiger partial charge on any atom is 0.0661 e. The number of ether oxygens (including phenoxy) is 1. The van der Waals surface area contributed by atoms with Crippen molar-refractivity contribution in [1.82, 2.24) is 0 Å². The second kappa shape index (κ2) is 5.73. The molecule has 4 rings (SSSR count). The van der Waals surface area contributed by atoms with Gasteiger partial charge in [-0.25, -0.2) is 0 Å². The van der Waals surface area contributed by atoms with Crippen molar-refractivity contribution in [2.24, 2.45) is 45.3 Å². The van der Waals surface area contributed by atoms with Gasteiger partial charge in [-0.3, -0.25) is 0 Å². The molecule has 4 aliphatic carbocycles. The van der Waals surface area contributed by atoms with E-state index < -0.39 is 0 Å². The summed E-state index contributed by atoms with van der Waals surface area (Å²) < 4.78 is 5.90. The fourth-order valence-electron chi connectivity index (χ4n) is 8.91. The lowest BCUT2D eigenvalue weighted by molar-refractivity contribution is -0.226. The summed E-state index contributed by atoms with van der Waals surface area (Å²) in [6.45, 7) is 12.8. The summed E-state index contributed by atoms with van der Waals surface area (Å²) >= 11 is 0. The fourth-order valence-corrected chi connectivity index (χ4v) is 8.91. The predicted molar refractivity (Wildman–Crippen MR) is 105 cm³/mol. The Morgan fingerprint density at radius 1 is 0.846 bits per heavy atom. The van der Waals surface area contributed by atoms with Gasteiger partial charge in [0.15, 0.2) is 0 Å². The van der Waals surface area contributed by atoms with E-state index in [0.29, 0.717) is 22.3 Å². The predicted octanol–water partition coefficient (Wildman–Crippen LogP) is 6.21. The lowest BCUT2D eigenvalue weighted by atomic mass is 9.34. The number of methoxy groups -OCH3 is 1. The van der Waals surface area contributed by atoms with Gasteiger partial charge in [0.1, 0.15) is 0 Å². The number of fused-ring (bicyclic) bond motifs is 5. The minimum absolute atomic E-state index is 0.257. The molecule has 0 saturated heterocycles. The largest absolute Gasteiger partial charge is 0.381 e. The van der Waals surface area contributed by atoms with Gasteiger partial charge in [-0.1, -0.05) is 34.6 Å². The fraction of sp³-hybridized carbons (Fsp3) is 0.958. The third-order valence-electron chi connectivity index (χ3n) is 10.6. The van der Waals surface area contributed by atoms with Crippen LogP contribution in [0.15, 0.2) is 0 Å². The summed E-state index contributed by atoms with van der Waals surface area (Å²) in [6, 6.07) is 2.69. The minimum atomic E-state index is 0.257. The molecular weight excluding hydrogens is 318 g/mol. The molecule has 4 aliphatic rings. The van der Waals surface area contributed by atoms with E-state index in [1.165, 1.54) is 44.9 Å². The summed E-state index contributed by atoms with van der Waals surface area (Å²) in [5.41, 5.74) is 1.43. The third-order valence-corrected chi connectivity index (χ3v) is 10.6. The third kappa shape index (κ3) is 2.19. The van der Waals surface area contributed by atoms with E-state index in [0.717, 1.165) is 24.2 Å². The molecule has 0 aromatic carbocycles. The van der Waals surface area contributed by atoms with E-state index in [4.69, 9.17) is 4.74 Å². The Balaban J connectivity index is 1.77. The van der Waals surface area contributed by atoms with E-state index in [-0.39, 0.29) is 11.3 Å². The first kappa shape index (κ1) is 18.8. The zero-order valence-corrected chi connectivity index (χ0v) is 17.9. The highest BCUT2D eigenvalue weighted by Crippen LogP contribution is 2.75. The Morgan fingerprint density at radius 2 is 1.58 bits per heavy atom. The molecule has 26 heavy (non-hydrogen) atoms. The van der Waals surface area contributed by atoms with Crippen molar-refractivity contribution in [3.63, 3.8) is 0 Å². The summed E-state index contributed by atoms with van der Waals surface area (Å²) in [7, 11) is 1.91. The van der Waals surface area contributed by atoms with Gasteiger partial charge in [0.25, 0.3) is 0 Å². The van der Waals surface area contributed by atoms with Crippen LogP contribution in [-0.2, 0) is 4.74 Å². The number of hydrogen-bond acceptors (Lipinski definition) is 2. The summed E-state index contributed by atoms with van der Waals surface area (Å²) in [5.74, 6) is 2.60. The molecule has 0 spiro atoms. The van der Waals surface area contributed by atoms with Gasteiger partial charge in [-0.15, -0.1) is 0 Å². The van der Waals surface area contributed by atoms with E-state index >= 15 is 0 Å². The Kier molecular flexibility index (Phi) is 4.14. The van der Waals surface area contributed by atoms with Crippen LogP contribution in [0.5, 0.6) is 0 Å².